The van der Waals surface area contributed by atoms with E-state index in [9.17, 15) is 0 Å². The first-order chi connectivity index (χ1) is 2.89. The number of halogens is 2. The summed E-state index contributed by atoms with van der Waals surface area (Å²) in [5, 5.41) is 0. The SMILES string of the molecule is CC1=[C-]CC=C1.[I-].[I-].[Ir+3]. The molecule has 0 unspecified atom stereocenters. The van der Waals surface area contributed by atoms with Crippen molar-refractivity contribution in [1.82, 2.24) is 0 Å². The molecule has 0 aromatic heterocycles. The molecule has 1 aliphatic rings. The standard InChI is InChI=1S/C6H7.2HI.Ir/c1-6-4-2-3-5-6;;;/h2,4H,3H2,1H3;2*1H;/q-1;;;+3/p-2. The summed E-state index contributed by atoms with van der Waals surface area (Å²) in [6, 6.07) is 0. The molecule has 0 aromatic carbocycles. The fourth-order valence-electron chi connectivity index (χ4n) is 0.515. The van der Waals surface area contributed by atoms with Crippen LogP contribution in [-0.2, 0) is 20.1 Å². The molecule has 0 saturated carbocycles. The Bertz CT molecular complexity index is 105. The first-order valence-electron chi connectivity index (χ1n) is 2.13. The summed E-state index contributed by atoms with van der Waals surface area (Å²) in [6.45, 7) is 2.06. The zero-order valence-electron chi connectivity index (χ0n) is 4.95. The Kier molecular flexibility index (Phi) is 18.0. The maximum Gasteiger partial charge on any atom is 3.00 e. The molecule has 0 saturated heterocycles. The minimum Gasteiger partial charge on any atom is -1.00 e. The fraction of sp³-hybridized carbons (Fsp3) is 0.333. The van der Waals surface area contributed by atoms with Crippen LogP contribution in [0.5, 0.6) is 0 Å². The molecule has 1 rings (SSSR count). The number of hydrogen-bond acceptors (Lipinski definition) is 0. The van der Waals surface area contributed by atoms with Gasteiger partial charge < -0.3 is 48.0 Å². The second kappa shape index (κ2) is 9.59. The first-order valence-corrected chi connectivity index (χ1v) is 2.13. The Morgan fingerprint density at radius 2 is 2.00 bits per heavy atom. The van der Waals surface area contributed by atoms with Gasteiger partial charge in [-0.2, -0.15) is 6.08 Å². The number of rotatable bonds is 0. The molecule has 9 heavy (non-hydrogen) atoms. The van der Waals surface area contributed by atoms with E-state index in [1.165, 1.54) is 5.57 Å². The van der Waals surface area contributed by atoms with Crippen LogP contribution in [0.15, 0.2) is 17.7 Å². The Labute approximate surface area is 104 Å². The van der Waals surface area contributed by atoms with Crippen molar-refractivity contribution in [1.29, 1.82) is 0 Å². The molecule has 0 nitrogen and oxygen atoms in total. The molecule has 0 amide bonds. The minimum absolute atomic E-state index is 0. The van der Waals surface area contributed by atoms with Crippen molar-refractivity contribution in [2.75, 3.05) is 0 Å². The first kappa shape index (κ1) is 16.9. The smallest absolute Gasteiger partial charge is 1.00 e. The van der Waals surface area contributed by atoms with Crippen LogP contribution < -0.4 is 48.0 Å². The van der Waals surface area contributed by atoms with E-state index in [-0.39, 0.29) is 68.1 Å². The van der Waals surface area contributed by atoms with Crippen LogP contribution in [0.3, 0.4) is 0 Å². The van der Waals surface area contributed by atoms with E-state index in [0.29, 0.717) is 0 Å². The second-order valence-corrected chi connectivity index (χ2v) is 1.47. The summed E-state index contributed by atoms with van der Waals surface area (Å²) in [6.07, 6.45) is 8.33. The maximum atomic E-state index is 3.12. The van der Waals surface area contributed by atoms with Gasteiger partial charge >= 0.3 is 20.1 Å². The Morgan fingerprint density at radius 1 is 1.44 bits per heavy atom. The third-order valence-electron chi connectivity index (χ3n) is 0.867. The summed E-state index contributed by atoms with van der Waals surface area (Å²) < 4.78 is 0. The maximum absolute atomic E-state index is 3.12. The predicted molar refractivity (Wildman–Crippen MR) is 26.2 cm³/mol. The van der Waals surface area contributed by atoms with E-state index in [1.807, 2.05) is 0 Å². The Balaban J connectivity index is -0.000000120. The monoisotopic (exact) mass is 526 g/mol. The fourth-order valence-corrected chi connectivity index (χ4v) is 0.515. The van der Waals surface area contributed by atoms with Crippen LogP contribution in [0.25, 0.3) is 0 Å². The van der Waals surface area contributed by atoms with Crippen molar-refractivity contribution >= 4 is 0 Å². The average molecular weight is 525 g/mol. The topological polar surface area (TPSA) is 0 Å². The van der Waals surface area contributed by atoms with Gasteiger partial charge in [0.05, 0.1) is 0 Å². The molecule has 3 heteroatoms. The molecule has 0 spiro atoms. The van der Waals surface area contributed by atoms with Crippen LogP contribution in [0.1, 0.15) is 13.3 Å². The molecule has 1 aliphatic carbocycles. The predicted octanol–water partition coefficient (Wildman–Crippen LogP) is -4.30. The molecule has 0 aliphatic heterocycles. The molecule has 0 heterocycles. The van der Waals surface area contributed by atoms with Crippen molar-refractivity contribution in [2.24, 2.45) is 0 Å². The molecule has 54 valence electrons. The zero-order chi connectivity index (χ0) is 4.41. The van der Waals surface area contributed by atoms with E-state index >= 15 is 0 Å². The van der Waals surface area contributed by atoms with Gasteiger partial charge in [0.1, 0.15) is 0 Å². The summed E-state index contributed by atoms with van der Waals surface area (Å²) in [7, 11) is 0. The third-order valence-corrected chi connectivity index (χ3v) is 0.867. The van der Waals surface area contributed by atoms with Gasteiger partial charge in [0.15, 0.2) is 0 Å². The van der Waals surface area contributed by atoms with Crippen molar-refractivity contribution in [3.8, 4) is 0 Å². The van der Waals surface area contributed by atoms with E-state index < -0.39 is 0 Å². The summed E-state index contributed by atoms with van der Waals surface area (Å²) >= 11 is 0. The van der Waals surface area contributed by atoms with E-state index in [4.69, 9.17) is 0 Å². The van der Waals surface area contributed by atoms with Crippen LogP contribution in [0.4, 0.5) is 0 Å². The van der Waals surface area contributed by atoms with Crippen molar-refractivity contribution in [3.63, 3.8) is 0 Å². The van der Waals surface area contributed by atoms with Crippen LogP contribution in [0.2, 0.25) is 0 Å². The molecular formula is C6H7I2Ir. The van der Waals surface area contributed by atoms with Crippen LogP contribution >= 0.6 is 0 Å². The zero-order valence-corrected chi connectivity index (χ0v) is 11.7. The molecule has 0 atom stereocenters. The molecule has 0 N–H and O–H groups in total. The van der Waals surface area contributed by atoms with E-state index in [2.05, 4.69) is 25.2 Å². The van der Waals surface area contributed by atoms with Gasteiger partial charge in [0.25, 0.3) is 0 Å². The third kappa shape index (κ3) is 7.49. The van der Waals surface area contributed by atoms with Gasteiger partial charge in [-0.25, -0.2) is 11.6 Å². The van der Waals surface area contributed by atoms with Gasteiger partial charge in [-0.1, -0.05) is 6.92 Å². The molecular weight excluding hydrogens is 518 g/mol. The average Bonchev–Trinajstić information content (AvgIpc) is 1.86. The molecule has 0 aromatic rings. The summed E-state index contributed by atoms with van der Waals surface area (Å²) in [5.41, 5.74) is 1.27. The second-order valence-electron chi connectivity index (χ2n) is 1.47. The van der Waals surface area contributed by atoms with Gasteiger partial charge in [0, 0.05) is 0 Å². The van der Waals surface area contributed by atoms with Gasteiger partial charge in [-0.3, -0.25) is 6.08 Å². The molecule has 0 fully saturated rings. The molecule has 0 bridgehead atoms. The van der Waals surface area contributed by atoms with Gasteiger partial charge in [-0.15, -0.1) is 6.42 Å². The van der Waals surface area contributed by atoms with Crippen molar-refractivity contribution in [2.45, 2.75) is 13.3 Å². The summed E-state index contributed by atoms with van der Waals surface area (Å²) in [4.78, 5) is 0. The minimum atomic E-state index is 0. The molecule has 0 radical (unpaired) electrons. The largest absolute Gasteiger partial charge is 3.00 e. The van der Waals surface area contributed by atoms with Gasteiger partial charge in [0.2, 0.25) is 0 Å². The van der Waals surface area contributed by atoms with E-state index in [1.54, 1.807) is 0 Å². The van der Waals surface area contributed by atoms with Crippen LogP contribution in [0, 0.1) is 6.08 Å². The van der Waals surface area contributed by atoms with Crippen LogP contribution in [-0.4, -0.2) is 0 Å². The Morgan fingerprint density at radius 3 is 2.11 bits per heavy atom. The quantitative estimate of drug-likeness (QED) is 0.222. The number of allylic oxidation sites excluding steroid dienone is 4. The Hall–Kier alpha value is 1.59. The summed E-state index contributed by atoms with van der Waals surface area (Å²) in [5.74, 6) is 0. The normalized spacial score (nSPS) is 12.3. The van der Waals surface area contributed by atoms with E-state index in [0.717, 1.165) is 6.42 Å². The van der Waals surface area contributed by atoms with Crippen molar-refractivity contribution < 1.29 is 68.1 Å². The van der Waals surface area contributed by atoms with Crippen molar-refractivity contribution in [3.05, 3.63) is 23.8 Å². The van der Waals surface area contributed by atoms with Gasteiger partial charge in [-0.05, 0) is 0 Å². The number of hydrogen-bond donors (Lipinski definition) is 0.